The second-order valence-corrected chi connectivity index (χ2v) is 15.5. The van der Waals surface area contributed by atoms with Crippen LogP contribution >= 0.6 is 0 Å². The highest BCUT2D eigenvalue weighted by Gasteiger charge is 2.52. The zero-order chi connectivity index (χ0) is 36.5. The maximum Gasteiger partial charge on any atom is 0.197 e. The third-order valence-electron chi connectivity index (χ3n) is 12.8. The predicted octanol–water partition coefficient (Wildman–Crippen LogP) is 11.9. The molecule has 0 atom stereocenters. The Labute approximate surface area is 325 Å². The van der Waals surface area contributed by atoms with Gasteiger partial charge in [0.2, 0.25) is 0 Å². The van der Waals surface area contributed by atoms with Gasteiger partial charge in [0, 0.05) is 33.2 Å². The van der Waals surface area contributed by atoms with Crippen LogP contribution in [0.1, 0.15) is 22.3 Å². The fraction of sp³-hybridized carbons (Fsp3) is 0.0189. The summed E-state index contributed by atoms with van der Waals surface area (Å²) in [7, 11) is 2.46. The van der Waals surface area contributed by atoms with Crippen LogP contribution in [0.25, 0.3) is 66.0 Å². The lowest BCUT2D eigenvalue weighted by Gasteiger charge is -2.48. The number of fused-ring (bicyclic) bond motifs is 15. The molecule has 3 heterocycles. The first kappa shape index (κ1) is 30.3. The number of rotatable bonds is 2. The number of benzene rings is 9. The molecule has 1 aliphatic carbocycles. The van der Waals surface area contributed by atoms with Gasteiger partial charge in [-0.2, -0.15) is 0 Å². The first-order valence-corrected chi connectivity index (χ1v) is 19.5. The van der Waals surface area contributed by atoms with Crippen molar-refractivity contribution in [2.75, 3.05) is 4.90 Å². The second-order valence-electron chi connectivity index (χ2n) is 15.5. The first-order chi connectivity index (χ1) is 27.8. The number of aromatic amines is 1. The van der Waals surface area contributed by atoms with Gasteiger partial charge in [0.1, 0.15) is 0 Å². The zero-order valence-corrected chi connectivity index (χ0v) is 30.4. The van der Waals surface area contributed by atoms with Crippen molar-refractivity contribution in [2.45, 2.75) is 5.41 Å². The van der Waals surface area contributed by atoms with Crippen LogP contribution in [-0.2, 0) is 5.41 Å². The second kappa shape index (κ2) is 11.0. The van der Waals surface area contributed by atoms with E-state index in [1.54, 1.807) is 0 Å². The van der Waals surface area contributed by atoms with Crippen LogP contribution in [0.5, 0.6) is 0 Å². The number of nitrogens with zero attached hydrogens (tertiary/aromatic N) is 1. The van der Waals surface area contributed by atoms with Gasteiger partial charge in [-0.1, -0.05) is 163 Å². The third-order valence-corrected chi connectivity index (χ3v) is 12.8. The summed E-state index contributed by atoms with van der Waals surface area (Å²) in [6, 6.07) is 70.0. The van der Waals surface area contributed by atoms with E-state index >= 15 is 0 Å². The van der Waals surface area contributed by atoms with E-state index in [1.807, 2.05) is 0 Å². The van der Waals surface area contributed by atoms with Crippen LogP contribution in [0.3, 0.4) is 0 Å². The van der Waals surface area contributed by atoms with Gasteiger partial charge in [-0.3, -0.25) is 0 Å². The van der Waals surface area contributed by atoms with E-state index in [2.05, 4.69) is 205 Å². The maximum absolute atomic E-state index is 3.91. The molecule has 13 rings (SSSR count). The highest BCUT2D eigenvalue weighted by molar-refractivity contribution is 6.73. The molecule has 257 valence electrons. The minimum atomic E-state index is -0.448. The number of hydrogen-bond acceptors (Lipinski definition) is 1. The van der Waals surface area contributed by atoms with Gasteiger partial charge >= 0.3 is 0 Å². The van der Waals surface area contributed by atoms with Gasteiger partial charge in [-0.15, -0.1) is 0 Å². The fourth-order valence-electron chi connectivity index (χ4n) is 10.5. The summed E-state index contributed by atoms with van der Waals surface area (Å²) in [6.45, 7) is 0. The highest BCUT2D eigenvalue weighted by Crippen LogP contribution is 2.63. The lowest BCUT2D eigenvalue weighted by molar-refractivity contribution is 0.754. The third kappa shape index (κ3) is 3.82. The molecule has 2 aliphatic heterocycles. The Morgan fingerprint density at radius 1 is 0.429 bits per heavy atom. The summed E-state index contributed by atoms with van der Waals surface area (Å²) in [4.78, 5) is 6.49. The number of hydrogen-bond donors (Lipinski definition) is 1. The van der Waals surface area contributed by atoms with Crippen molar-refractivity contribution < 1.29 is 0 Å². The van der Waals surface area contributed by atoms with Crippen molar-refractivity contribution in [3.63, 3.8) is 0 Å². The number of anilines is 3. The largest absolute Gasteiger partial charge is 0.354 e. The number of H-pyrrole nitrogens is 1. The van der Waals surface area contributed by atoms with Crippen LogP contribution in [0.15, 0.2) is 188 Å². The van der Waals surface area contributed by atoms with Gasteiger partial charge in [0.15, 0.2) is 7.28 Å². The molecule has 0 fully saturated rings. The lowest BCUT2D eigenvalue weighted by atomic mass is 9.54. The smallest absolute Gasteiger partial charge is 0.197 e. The van der Waals surface area contributed by atoms with Crippen LogP contribution in [-0.4, -0.2) is 12.3 Å². The van der Waals surface area contributed by atoms with Gasteiger partial charge in [-0.25, -0.2) is 0 Å². The first-order valence-electron chi connectivity index (χ1n) is 19.5. The van der Waals surface area contributed by atoms with Crippen LogP contribution in [0, 0.1) is 0 Å². The SMILES string of the molecule is [B]1c2cccc3c2N(c2ccccc2C32c3ccccc3-c3ccccc32)c2cc(-c3ccccc3)cc(-c3cccc4c3[nH]c3cc5ccccc5cc34)c21. The Balaban J connectivity index is 1.12. The Morgan fingerprint density at radius 3 is 1.88 bits per heavy atom. The van der Waals surface area contributed by atoms with E-state index in [0.717, 1.165) is 11.0 Å². The number of aromatic nitrogens is 1. The van der Waals surface area contributed by atoms with Gasteiger partial charge < -0.3 is 9.88 Å². The van der Waals surface area contributed by atoms with Gasteiger partial charge in [-0.05, 0) is 96.6 Å². The average Bonchev–Trinajstić information content (AvgIpc) is 3.77. The van der Waals surface area contributed by atoms with Crippen LogP contribution < -0.4 is 15.8 Å². The maximum atomic E-state index is 3.91. The molecule has 3 aliphatic rings. The standard InChI is InChI=1S/C53H32BN2/c1-2-14-32(15-3-1)35-29-41(39-21-12-20-38-40-28-33-16-4-5-17-34(33)30-47(40)55-51(38)39)50-49(31-35)56-48-27-11-10-24-44(48)53(45-25-13-26-46(54-50)52(45)56)42-22-8-6-18-36(42)37-19-7-9-23-43(37)53/h1-31,55H. The molecule has 1 radical (unpaired) electrons. The minimum Gasteiger partial charge on any atom is -0.354 e. The molecule has 0 saturated heterocycles. The summed E-state index contributed by atoms with van der Waals surface area (Å²) in [5, 5.41) is 4.99. The summed E-state index contributed by atoms with van der Waals surface area (Å²) >= 11 is 0. The summed E-state index contributed by atoms with van der Waals surface area (Å²) in [5.74, 6) is 0. The summed E-state index contributed by atoms with van der Waals surface area (Å²) in [6.07, 6.45) is 0. The molecule has 1 spiro atoms. The van der Waals surface area contributed by atoms with Crippen molar-refractivity contribution in [1.82, 2.24) is 4.98 Å². The van der Waals surface area contributed by atoms with E-state index in [-0.39, 0.29) is 0 Å². The van der Waals surface area contributed by atoms with E-state index in [4.69, 9.17) is 0 Å². The summed E-state index contributed by atoms with van der Waals surface area (Å²) < 4.78 is 0. The topological polar surface area (TPSA) is 19.0 Å². The van der Waals surface area contributed by atoms with Gasteiger partial charge in [0.25, 0.3) is 0 Å². The van der Waals surface area contributed by atoms with Crippen molar-refractivity contribution in [1.29, 1.82) is 0 Å². The van der Waals surface area contributed by atoms with E-state index in [0.29, 0.717) is 0 Å². The normalized spacial score (nSPS) is 14.0. The Morgan fingerprint density at radius 2 is 1.07 bits per heavy atom. The fourth-order valence-corrected chi connectivity index (χ4v) is 10.5. The Bertz CT molecular complexity index is 3260. The highest BCUT2D eigenvalue weighted by atomic mass is 15.2. The Hall–Kier alpha value is -7.10. The molecule has 2 nitrogen and oxygen atoms in total. The monoisotopic (exact) mass is 707 g/mol. The number of nitrogens with one attached hydrogen (secondary N) is 1. The molecule has 1 aromatic heterocycles. The molecular weight excluding hydrogens is 675 g/mol. The van der Waals surface area contributed by atoms with Crippen LogP contribution in [0.2, 0.25) is 0 Å². The molecule has 0 saturated carbocycles. The molecule has 0 bridgehead atoms. The molecule has 3 heteroatoms. The predicted molar refractivity (Wildman–Crippen MR) is 235 cm³/mol. The molecular formula is C53H32BN2. The zero-order valence-electron chi connectivity index (χ0n) is 30.4. The molecule has 9 aromatic carbocycles. The molecule has 0 amide bonds. The van der Waals surface area contributed by atoms with Crippen LogP contribution in [0.4, 0.5) is 17.1 Å². The van der Waals surface area contributed by atoms with Crippen molar-refractivity contribution in [2.24, 2.45) is 0 Å². The molecule has 56 heavy (non-hydrogen) atoms. The molecule has 0 unspecified atom stereocenters. The van der Waals surface area contributed by atoms with E-state index < -0.39 is 5.41 Å². The Kier molecular flexibility index (Phi) is 5.94. The quantitative estimate of drug-likeness (QED) is 0.177. The molecule has 10 aromatic rings. The average molecular weight is 708 g/mol. The van der Waals surface area contributed by atoms with Gasteiger partial charge in [0.05, 0.1) is 16.6 Å². The van der Waals surface area contributed by atoms with E-state index in [1.165, 1.54) is 105 Å². The van der Waals surface area contributed by atoms with Crippen molar-refractivity contribution in [3.8, 4) is 33.4 Å². The van der Waals surface area contributed by atoms with Crippen molar-refractivity contribution >= 4 is 67.8 Å². The summed E-state index contributed by atoms with van der Waals surface area (Å²) in [5.41, 5.74) is 20.8. The number of para-hydroxylation sites is 3. The molecule has 1 N–H and O–H groups in total. The van der Waals surface area contributed by atoms with E-state index in [9.17, 15) is 0 Å². The lowest BCUT2D eigenvalue weighted by Crippen LogP contribution is -2.47. The minimum absolute atomic E-state index is 0.448. The van der Waals surface area contributed by atoms with Crippen molar-refractivity contribution in [3.05, 3.63) is 210 Å².